The average molecular weight is 430 g/mol. The van der Waals surface area contributed by atoms with E-state index < -0.39 is 34.6 Å². The number of ether oxygens (including phenoxy) is 2. The molecule has 0 saturated heterocycles. The molecule has 0 heterocycles. The van der Waals surface area contributed by atoms with Crippen LogP contribution in [0.4, 0.5) is 15.8 Å². The number of benzene rings is 2. The van der Waals surface area contributed by atoms with Gasteiger partial charge in [0.2, 0.25) is 0 Å². The predicted molar refractivity (Wildman–Crippen MR) is 111 cm³/mol. The highest BCUT2D eigenvalue weighted by Gasteiger charge is 2.46. The Hall–Kier alpha value is -3.49. The van der Waals surface area contributed by atoms with Crippen molar-refractivity contribution in [3.05, 3.63) is 63.5 Å². The number of rotatable bonds is 7. The van der Waals surface area contributed by atoms with Gasteiger partial charge < -0.3 is 14.8 Å². The summed E-state index contributed by atoms with van der Waals surface area (Å²) in [6.45, 7) is 1.04. The first kappa shape index (κ1) is 22.2. The highest BCUT2D eigenvalue weighted by molar-refractivity contribution is 5.95. The minimum Gasteiger partial charge on any atom is -0.490 e. The van der Waals surface area contributed by atoms with Gasteiger partial charge in [-0.15, -0.1) is 0 Å². The molecule has 0 aromatic heterocycles. The molecule has 1 fully saturated rings. The largest absolute Gasteiger partial charge is 0.490 e. The van der Waals surface area contributed by atoms with Crippen molar-refractivity contribution in [3.8, 4) is 5.75 Å². The van der Waals surface area contributed by atoms with E-state index in [0.29, 0.717) is 24.1 Å². The van der Waals surface area contributed by atoms with E-state index in [1.807, 2.05) is 0 Å². The molecule has 0 bridgehead atoms. The maximum absolute atomic E-state index is 14.4. The van der Waals surface area contributed by atoms with Crippen molar-refractivity contribution in [2.24, 2.45) is 0 Å². The van der Waals surface area contributed by atoms with E-state index in [1.54, 1.807) is 25.1 Å². The molecule has 1 saturated carbocycles. The number of methoxy groups -OCH3 is 1. The molecule has 0 spiro atoms. The zero-order chi connectivity index (χ0) is 22.6. The molecule has 1 N–H and O–H groups in total. The van der Waals surface area contributed by atoms with Crippen LogP contribution in [0.25, 0.3) is 0 Å². The molecule has 2 aromatic carbocycles. The summed E-state index contributed by atoms with van der Waals surface area (Å²) in [4.78, 5) is 35.8. The van der Waals surface area contributed by atoms with Crippen LogP contribution in [0.1, 0.15) is 36.8 Å². The van der Waals surface area contributed by atoms with Crippen LogP contribution in [-0.2, 0) is 19.7 Å². The van der Waals surface area contributed by atoms with Crippen LogP contribution in [0.2, 0.25) is 0 Å². The van der Waals surface area contributed by atoms with Crippen molar-refractivity contribution in [1.29, 1.82) is 0 Å². The molecule has 0 radical (unpaired) electrons. The van der Waals surface area contributed by atoms with E-state index in [4.69, 9.17) is 9.47 Å². The number of nitro benzene ring substituents is 1. The lowest BCUT2D eigenvalue weighted by Crippen LogP contribution is -2.37. The molecule has 9 heteroatoms. The molecule has 1 aliphatic rings. The molecule has 31 heavy (non-hydrogen) atoms. The fraction of sp³-hybridized carbons (Fsp3) is 0.364. The lowest BCUT2D eigenvalue weighted by Gasteiger charge is -2.27. The Kier molecular flexibility index (Phi) is 6.53. The summed E-state index contributed by atoms with van der Waals surface area (Å²) in [5.41, 5.74) is -0.289. The molecule has 2 aromatic rings. The molecule has 3 rings (SSSR count). The van der Waals surface area contributed by atoms with E-state index >= 15 is 0 Å². The quantitative estimate of drug-likeness (QED) is 0.403. The molecule has 0 atom stereocenters. The molecular weight excluding hydrogens is 407 g/mol. The van der Waals surface area contributed by atoms with E-state index in [1.165, 1.54) is 25.3 Å². The average Bonchev–Trinajstić information content (AvgIpc) is 3.24. The van der Waals surface area contributed by atoms with Gasteiger partial charge in [-0.25, -0.2) is 4.39 Å². The van der Waals surface area contributed by atoms with E-state index in [0.717, 1.165) is 12.8 Å². The monoisotopic (exact) mass is 430 g/mol. The highest BCUT2D eigenvalue weighted by atomic mass is 19.1. The third kappa shape index (κ3) is 4.50. The van der Waals surface area contributed by atoms with Crippen molar-refractivity contribution in [1.82, 2.24) is 0 Å². The molecular formula is C22H23FN2O6. The number of hydrogen-bond acceptors (Lipinski definition) is 6. The number of nitro groups is 1. The van der Waals surface area contributed by atoms with Crippen molar-refractivity contribution in [3.63, 3.8) is 0 Å². The SMILES string of the molecule is COc1cc(NC(=O)COC(=O)C2(c3ccccc3F)CCCC2)c(C)cc1[N+](=O)[O-]. The number of aryl methyl sites for hydroxylation is 1. The molecule has 0 aliphatic heterocycles. The molecule has 1 amide bonds. The van der Waals surface area contributed by atoms with Gasteiger partial charge in [-0.2, -0.15) is 0 Å². The summed E-state index contributed by atoms with van der Waals surface area (Å²) in [6, 6.07) is 8.73. The van der Waals surface area contributed by atoms with Crippen LogP contribution >= 0.6 is 0 Å². The lowest BCUT2D eigenvalue weighted by molar-refractivity contribution is -0.385. The van der Waals surface area contributed by atoms with Gasteiger partial charge in [0.25, 0.3) is 5.91 Å². The fourth-order valence-corrected chi connectivity index (χ4v) is 3.98. The second-order valence-corrected chi connectivity index (χ2v) is 7.49. The van der Waals surface area contributed by atoms with Crippen LogP contribution in [0, 0.1) is 22.9 Å². The number of anilines is 1. The van der Waals surface area contributed by atoms with Gasteiger partial charge in [0.05, 0.1) is 17.4 Å². The number of nitrogens with zero attached hydrogens (tertiary/aromatic N) is 1. The Morgan fingerprint density at radius 1 is 1.23 bits per heavy atom. The molecule has 0 unspecified atom stereocenters. The van der Waals surface area contributed by atoms with Gasteiger partial charge in [-0.1, -0.05) is 31.0 Å². The second-order valence-electron chi connectivity index (χ2n) is 7.49. The number of halogens is 1. The first-order valence-electron chi connectivity index (χ1n) is 9.83. The molecule has 8 nitrogen and oxygen atoms in total. The Labute approximate surface area is 178 Å². The van der Waals surface area contributed by atoms with Crippen LogP contribution in [-0.4, -0.2) is 30.5 Å². The third-order valence-electron chi connectivity index (χ3n) is 5.57. The smallest absolute Gasteiger partial charge is 0.317 e. The lowest BCUT2D eigenvalue weighted by atomic mass is 9.78. The minimum atomic E-state index is -1.10. The maximum Gasteiger partial charge on any atom is 0.317 e. The number of amides is 1. The van der Waals surface area contributed by atoms with Gasteiger partial charge in [-0.05, 0) is 31.4 Å². The van der Waals surface area contributed by atoms with Crippen LogP contribution in [0.15, 0.2) is 36.4 Å². The van der Waals surface area contributed by atoms with E-state index in [9.17, 15) is 24.1 Å². The summed E-state index contributed by atoms with van der Waals surface area (Å²) in [7, 11) is 1.29. The Bertz CT molecular complexity index is 1020. The van der Waals surface area contributed by atoms with Gasteiger partial charge in [-0.3, -0.25) is 19.7 Å². The number of carbonyl (C=O) groups is 2. The Morgan fingerprint density at radius 2 is 1.90 bits per heavy atom. The van der Waals surface area contributed by atoms with Crippen LogP contribution < -0.4 is 10.1 Å². The molecule has 1 aliphatic carbocycles. The normalized spacial score (nSPS) is 14.7. The number of nitrogens with one attached hydrogen (secondary N) is 1. The Balaban J connectivity index is 1.71. The Morgan fingerprint density at radius 3 is 2.52 bits per heavy atom. The predicted octanol–water partition coefficient (Wildman–Crippen LogP) is 4.04. The zero-order valence-corrected chi connectivity index (χ0v) is 17.3. The summed E-state index contributed by atoms with van der Waals surface area (Å²) >= 11 is 0. The van der Waals surface area contributed by atoms with Gasteiger partial charge in [0.15, 0.2) is 12.4 Å². The van der Waals surface area contributed by atoms with Gasteiger partial charge in [0, 0.05) is 23.4 Å². The van der Waals surface area contributed by atoms with Gasteiger partial charge in [0.1, 0.15) is 5.82 Å². The number of carbonyl (C=O) groups excluding carboxylic acids is 2. The minimum absolute atomic E-state index is 0.00708. The standard InChI is InChI=1S/C22H23FN2O6/c1-14-11-18(25(28)29)19(30-2)12-17(14)24-20(26)13-31-21(27)22(9-5-6-10-22)15-7-3-4-8-16(15)23/h3-4,7-8,11-12H,5-6,9-10,13H2,1-2H3,(H,24,26). The number of esters is 1. The van der Waals surface area contributed by atoms with Crippen LogP contribution in [0.5, 0.6) is 5.75 Å². The fourth-order valence-electron chi connectivity index (χ4n) is 3.98. The first-order valence-corrected chi connectivity index (χ1v) is 9.83. The topological polar surface area (TPSA) is 108 Å². The third-order valence-corrected chi connectivity index (χ3v) is 5.57. The highest BCUT2D eigenvalue weighted by Crippen LogP contribution is 2.43. The van der Waals surface area contributed by atoms with Crippen molar-refractivity contribution in [2.75, 3.05) is 19.0 Å². The van der Waals surface area contributed by atoms with Crippen molar-refractivity contribution >= 4 is 23.3 Å². The van der Waals surface area contributed by atoms with Crippen molar-refractivity contribution in [2.45, 2.75) is 38.0 Å². The van der Waals surface area contributed by atoms with Crippen LogP contribution in [0.3, 0.4) is 0 Å². The van der Waals surface area contributed by atoms with E-state index in [2.05, 4.69) is 5.32 Å². The summed E-state index contributed by atoms with van der Waals surface area (Å²) in [6.07, 6.45) is 2.43. The van der Waals surface area contributed by atoms with E-state index in [-0.39, 0.29) is 17.0 Å². The number of hydrogen-bond donors (Lipinski definition) is 1. The first-order chi connectivity index (χ1) is 14.8. The van der Waals surface area contributed by atoms with Gasteiger partial charge >= 0.3 is 11.7 Å². The van der Waals surface area contributed by atoms with Crippen molar-refractivity contribution < 1.29 is 28.4 Å². The summed E-state index contributed by atoms with van der Waals surface area (Å²) < 4.78 is 24.7. The molecule has 164 valence electrons. The maximum atomic E-state index is 14.4. The summed E-state index contributed by atoms with van der Waals surface area (Å²) in [5.74, 6) is -1.73. The summed E-state index contributed by atoms with van der Waals surface area (Å²) in [5, 5.41) is 13.7. The second kappa shape index (κ2) is 9.11. The zero-order valence-electron chi connectivity index (χ0n) is 17.3.